The molecule has 0 spiro atoms. The van der Waals surface area contributed by atoms with Crippen LogP contribution in [0.15, 0.2) is 40.5 Å². The molecule has 0 saturated heterocycles. The molecule has 1 atom stereocenters. The topological polar surface area (TPSA) is 66.1 Å². The minimum Gasteiger partial charge on any atom is -0.326 e. The average Bonchev–Trinajstić information content (AvgIpc) is 2.59. The van der Waals surface area contributed by atoms with Crippen LogP contribution in [0.25, 0.3) is 0 Å². The summed E-state index contributed by atoms with van der Waals surface area (Å²) in [5.74, 6) is 0.277. The van der Waals surface area contributed by atoms with Crippen LogP contribution < -0.4 is 5.56 Å². The van der Waals surface area contributed by atoms with Gasteiger partial charge >= 0.3 is 0 Å². The summed E-state index contributed by atoms with van der Waals surface area (Å²) in [5, 5.41) is 0. The maximum Gasteiger partial charge on any atom is 0.270 e. The zero-order valence-corrected chi connectivity index (χ0v) is 16.8. The minimum atomic E-state index is -0.147. The SMILES string of the molecule is CC/C=C(C)\C=C(/C)CC(=O)C(C)CCN(CC)Cc1ncc[nH]c1=O. The van der Waals surface area contributed by atoms with Gasteiger partial charge in [0.15, 0.2) is 0 Å². The normalized spacial score (nSPS) is 13.9. The van der Waals surface area contributed by atoms with E-state index in [2.05, 4.69) is 47.8 Å². The van der Waals surface area contributed by atoms with E-state index in [1.54, 1.807) is 6.20 Å². The van der Waals surface area contributed by atoms with Gasteiger partial charge in [0.2, 0.25) is 0 Å². The molecule has 0 aromatic carbocycles. The lowest BCUT2D eigenvalue weighted by molar-refractivity contribution is -0.122. The monoisotopic (exact) mass is 359 g/mol. The Morgan fingerprint density at radius 3 is 2.69 bits per heavy atom. The van der Waals surface area contributed by atoms with Gasteiger partial charge in [-0.2, -0.15) is 0 Å². The Bertz CT molecular complexity index is 688. The van der Waals surface area contributed by atoms with Crippen LogP contribution in [0.5, 0.6) is 0 Å². The highest BCUT2D eigenvalue weighted by atomic mass is 16.1. The molecule has 1 aromatic heterocycles. The van der Waals surface area contributed by atoms with Gasteiger partial charge in [-0.15, -0.1) is 0 Å². The lowest BCUT2D eigenvalue weighted by Crippen LogP contribution is -2.30. The van der Waals surface area contributed by atoms with Crippen molar-refractivity contribution in [1.29, 1.82) is 0 Å². The Hall–Kier alpha value is -2.01. The Balaban J connectivity index is 2.54. The Morgan fingerprint density at radius 1 is 1.35 bits per heavy atom. The van der Waals surface area contributed by atoms with E-state index in [0.717, 1.165) is 31.5 Å². The van der Waals surface area contributed by atoms with Crippen molar-refractivity contribution in [3.8, 4) is 0 Å². The lowest BCUT2D eigenvalue weighted by atomic mass is 9.96. The number of nitrogens with zero attached hydrogens (tertiary/aromatic N) is 2. The molecule has 144 valence electrons. The van der Waals surface area contributed by atoms with E-state index in [0.29, 0.717) is 18.7 Å². The molecule has 26 heavy (non-hydrogen) atoms. The zero-order valence-electron chi connectivity index (χ0n) is 16.8. The standard InChI is InChI=1S/C21H33N3O2/c1-6-8-16(3)13-17(4)14-20(25)18(5)9-12-24(7-2)15-19-21(26)23-11-10-22-19/h8,10-11,13,18H,6-7,9,12,14-15H2,1-5H3,(H,23,26)/b16-8-,17-13+. The first-order chi connectivity index (χ1) is 12.4. The van der Waals surface area contributed by atoms with E-state index in [4.69, 9.17) is 0 Å². The molecule has 0 saturated carbocycles. The molecule has 0 radical (unpaired) electrons. The third-order valence-electron chi connectivity index (χ3n) is 4.48. The van der Waals surface area contributed by atoms with Gasteiger partial charge in [-0.25, -0.2) is 0 Å². The predicted molar refractivity (Wildman–Crippen MR) is 107 cm³/mol. The molecule has 5 nitrogen and oxygen atoms in total. The van der Waals surface area contributed by atoms with Crippen LogP contribution >= 0.6 is 0 Å². The summed E-state index contributed by atoms with van der Waals surface area (Å²) in [7, 11) is 0. The molecule has 1 heterocycles. The molecule has 0 bridgehead atoms. The van der Waals surface area contributed by atoms with E-state index in [1.807, 2.05) is 13.8 Å². The molecular weight excluding hydrogens is 326 g/mol. The van der Waals surface area contributed by atoms with Crippen LogP contribution in [0.1, 0.15) is 59.6 Å². The number of H-pyrrole nitrogens is 1. The van der Waals surface area contributed by atoms with E-state index in [-0.39, 0.29) is 17.3 Å². The second-order valence-corrected chi connectivity index (χ2v) is 6.91. The van der Waals surface area contributed by atoms with Crippen molar-refractivity contribution >= 4 is 5.78 Å². The van der Waals surface area contributed by atoms with Gasteiger partial charge in [-0.1, -0.05) is 44.1 Å². The summed E-state index contributed by atoms with van der Waals surface area (Å²) in [5.41, 5.74) is 2.69. The number of nitrogens with one attached hydrogen (secondary N) is 1. The molecule has 1 N–H and O–H groups in total. The summed E-state index contributed by atoms with van der Waals surface area (Å²) in [6.45, 7) is 12.3. The highest BCUT2D eigenvalue weighted by molar-refractivity contribution is 5.82. The van der Waals surface area contributed by atoms with Crippen molar-refractivity contribution in [2.24, 2.45) is 5.92 Å². The minimum absolute atomic E-state index is 0.00452. The maximum absolute atomic E-state index is 12.5. The number of rotatable bonds is 11. The molecule has 0 fully saturated rings. The van der Waals surface area contributed by atoms with Crippen LogP contribution in [0.3, 0.4) is 0 Å². The maximum atomic E-state index is 12.5. The van der Waals surface area contributed by atoms with Crippen molar-refractivity contribution in [2.75, 3.05) is 13.1 Å². The Labute approximate surface area is 157 Å². The molecule has 0 amide bonds. The van der Waals surface area contributed by atoms with Crippen molar-refractivity contribution in [1.82, 2.24) is 14.9 Å². The third kappa shape index (κ3) is 7.91. The number of aromatic amines is 1. The van der Waals surface area contributed by atoms with Crippen molar-refractivity contribution < 1.29 is 4.79 Å². The quantitative estimate of drug-likeness (QED) is 0.609. The number of ketones is 1. The molecular formula is C21H33N3O2. The second-order valence-electron chi connectivity index (χ2n) is 6.91. The lowest BCUT2D eigenvalue weighted by Gasteiger charge is -2.21. The number of allylic oxidation sites excluding steroid dienone is 4. The smallest absolute Gasteiger partial charge is 0.270 e. The second kappa shape index (κ2) is 11.6. The van der Waals surface area contributed by atoms with E-state index >= 15 is 0 Å². The number of hydrogen-bond donors (Lipinski definition) is 1. The zero-order chi connectivity index (χ0) is 19.5. The summed E-state index contributed by atoms with van der Waals surface area (Å²) in [6, 6.07) is 0. The molecule has 1 aromatic rings. The fourth-order valence-electron chi connectivity index (χ4n) is 2.86. The van der Waals surface area contributed by atoms with Gasteiger partial charge in [-0.3, -0.25) is 19.5 Å². The van der Waals surface area contributed by atoms with Gasteiger partial charge in [0.25, 0.3) is 5.56 Å². The first kappa shape index (κ1) is 22.0. The molecule has 1 rings (SSSR count). The van der Waals surface area contributed by atoms with Gasteiger partial charge < -0.3 is 4.98 Å². The number of Topliss-reactive ketones (excluding diaryl/α,β-unsaturated/α-hetero) is 1. The number of carbonyl (C=O) groups excluding carboxylic acids is 1. The van der Waals surface area contributed by atoms with Gasteiger partial charge in [0.05, 0.1) is 0 Å². The summed E-state index contributed by atoms with van der Waals surface area (Å²) in [4.78, 5) is 33.2. The Morgan fingerprint density at radius 2 is 2.08 bits per heavy atom. The van der Waals surface area contributed by atoms with Crippen LogP contribution in [0.2, 0.25) is 0 Å². The van der Waals surface area contributed by atoms with Crippen LogP contribution in [-0.4, -0.2) is 33.7 Å². The summed E-state index contributed by atoms with van der Waals surface area (Å²) in [6.07, 6.45) is 9.69. The van der Waals surface area contributed by atoms with E-state index in [9.17, 15) is 9.59 Å². The van der Waals surface area contributed by atoms with Gasteiger partial charge in [0, 0.05) is 31.3 Å². The molecule has 1 unspecified atom stereocenters. The number of carbonyl (C=O) groups is 1. The van der Waals surface area contributed by atoms with Gasteiger partial charge in [-0.05, 0) is 39.8 Å². The van der Waals surface area contributed by atoms with Crippen molar-refractivity contribution in [3.63, 3.8) is 0 Å². The van der Waals surface area contributed by atoms with Gasteiger partial charge in [0.1, 0.15) is 11.5 Å². The fourth-order valence-corrected chi connectivity index (χ4v) is 2.86. The summed E-state index contributed by atoms with van der Waals surface area (Å²) >= 11 is 0. The highest BCUT2D eigenvalue weighted by Crippen LogP contribution is 2.14. The van der Waals surface area contributed by atoms with Crippen molar-refractivity contribution in [3.05, 3.63) is 51.7 Å². The average molecular weight is 360 g/mol. The molecule has 0 aliphatic rings. The Kier molecular flexibility index (Phi) is 9.81. The molecule has 0 aliphatic heterocycles. The molecule has 5 heteroatoms. The van der Waals surface area contributed by atoms with Crippen LogP contribution in [0.4, 0.5) is 0 Å². The van der Waals surface area contributed by atoms with Crippen molar-refractivity contribution in [2.45, 2.75) is 60.4 Å². The van der Waals surface area contributed by atoms with E-state index < -0.39 is 0 Å². The molecule has 0 aliphatic carbocycles. The predicted octanol–water partition coefficient (Wildman–Crippen LogP) is 3.88. The number of hydrogen-bond acceptors (Lipinski definition) is 4. The largest absolute Gasteiger partial charge is 0.326 e. The van der Waals surface area contributed by atoms with Crippen LogP contribution in [-0.2, 0) is 11.3 Å². The third-order valence-corrected chi connectivity index (χ3v) is 4.48. The first-order valence-corrected chi connectivity index (χ1v) is 9.48. The van der Waals surface area contributed by atoms with Crippen LogP contribution in [0, 0.1) is 5.92 Å². The fraction of sp³-hybridized carbons (Fsp3) is 0.571. The highest BCUT2D eigenvalue weighted by Gasteiger charge is 2.16. The number of aromatic nitrogens is 2. The van der Waals surface area contributed by atoms with E-state index in [1.165, 1.54) is 11.8 Å². The first-order valence-electron chi connectivity index (χ1n) is 9.48. The summed E-state index contributed by atoms with van der Waals surface area (Å²) < 4.78 is 0.